The van der Waals surface area contributed by atoms with Gasteiger partial charge < -0.3 is 14.2 Å². The van der Waals surface area contributed by atoms with E-state index in [1.165, 1.54) is 103 Å². The van der Waals surface area contributed by atoms with E-state index in [0.717, 1.165) is 154 Å². The van der Waals surface area contributed by atoms with Gasteiger partial charge in [0.05, 0.1) is 0 Å². The molecule has 0 bridgehead atoms. The average Bonchev–Trinajstić information content (AvgIpc) is 3.46. The summed E-state index contributed by atoms with van der Waals surface area (Å²) in [4.78, 5) is 38.3. The summed E-state index contributed by atoms with van der Waals surface area (Å²) < 4.78 is 16.9. The van der Waals surface area contributed by atoms with Crippen LogP contribution in [0.15, 0.2) is 134 Å². The SMILES string of the molecule is CC/C=C\C/C=C\C/C=C\C/C=C\C/C=C\C/C=C\C/C=C\CCCCCCCCCCCC(=O)OCC(COC(=O)CCCCCCC/C=C\C/C=C\CCC)OC(=O)CCCCCCCCC/C=C\C/C=C\CCCCCC. The molecular formula is C74H122O6. The summed E-state index contributed by atoms with van der Waals surface area (Å²) in [6.07, 6.45) is 94.6. The van der Waals surface area contributed by atoms with Crippen LogP contribution in [0.4, 0.5) is 0 Å². The second kappa shape index (κ2) is 67.1. The van der Waals surface area contributed by atoms with E-state index in [0.29, 0.717) is 19.3 Å². The van der Waals surface area contributed by atoms with Crippen molar-refractivity contribution in [3.8, 4) is 0 Å². The zero-order valence-electron chi connectivity index (χ0n) is 52.0. The molecule has 1 atom stereocenters. The van der Waals surface area contributed by atoms with Crippen molar-refractivity contribution in [2.24, 2.45) is 0 Å². The molecule has 0 N–H and O–H groups in total. The molecule has 0 radical (unpaired) electrons. The summed E-state index contributed by atoms with van der Waals surface area (Å²) in [5.74, 6) is -0.916. The van der Waals surface area contributed by atoms with Crippen molar-refractivity contribution in [3.05, 3.63) is 134 Å². The van der Waals surface area contributed by atoms with Gasteiger partial charge in [-0.3, -0.25) is 14.4 Å². The van der Waals surface area contributed by atoms with Crippen LogP contribution in [0.5, 0.6) is 0 Å². The average molecular weight is 1110 g/mol. The smallest absolute Gasteiger partial charge is 0.306 e. The van der Waals surface area contributed by atoms with Gasteiger partial charge in [-0.15, -0.1) is 0 Å². The van der Waals surface area contributed by atoms with Crippen LogP contribution in [0.1, 0.15) is 297 Å². The fourth-order valence-corrected chi connectivity index (χ4v) is 8.90. The number of hydrogen-bond donors (Lipinski definition) is 0. The van der Waals surface area contributed by atoms with E-state index in [1.54, 1.807) is 0 Å². The molecule has 0 aromatic heterocycles. The lowest BCUT2D eigenvalue weighted by atomic mass is 10.1. The van der Waals surface area contributed by atoms with Gasteiger partial charge in [0, 0.05) is 19.3 Å². The third kappa shape index (κ3) is 64.4. The maximum absolute atomic E-state index is 12.9. The van der Waals surface area contributed by atoms with Gasteiger partial charge in [0.15, 0.2) is 6.10 Å². The zero-order chi connectivity index (χ0) is 57.8. The Morgan fingerprint density at radius 2 is 0.512 bits per heavy atom. The fourth-order valence-electron chi connectivity index (χ4n) is 8.90. The van der Waals surface area contributed by atoms with Gasteiger partial charge in [0.1, 0.15) is 13.2 Å². The van der Waals surface area contributed by atoms with Crippen LogP contribution >= 0.6 is 0 Å². The summed E-state index contributed by atoms with van der Waals surface area (Å²) >= 11 is 0. The summed E-state index contributed by atoms with van der Waals surface area (Å²) in [6.45, 7) is 6.43. The monoisotopic (exact) mass is 1110 g/mol. The minimum Gasteiger partial charge on any atom is -0.462 e. The Hall–Kier alpha value is -4.45. The molecule has 0 aromatic carbocycles. The number of hydrogen-bond acceptors (Lipinski definition) is 6. The summed E-state index contributed by atoms with van der Waals surface area (Å²) in [5.41, 5.74) is 0. The fraction of sp³-hybridized carbons (Fsp3) is 0.662. The molecule has 0 amide bonds. The number of esters is 3. The molecule has 0 aliphatic carbocycles. The number of carbonyl (C=O) groups excluding carboxylic acids is 3. The van der Waals surface area contributed by atoms with Crippen molar-refractivity contribution in [3.63, 3.8) is 0 Å². The largest absolute Gasteiger partial charge is 0.462 e. The highest BCUT2D eigenvalue weighted by atomic mass is 16.6. The molecule has 0 rings (SSSR count). The van der Waals surface area contributed by atoms with E-state index in [-0.39, 0.29) is 31.1 Å². The first-order chi connectivity index (χ1) is 39.5. The van der Waals surface area contributed by atoms with E-state index in [2.05, 4.69) is 154 Å². The quantitative estimate of drug-likeness (QED) is 0.0261. The van der Waals surface area contributed by atoms with Crippen molar-refractivity contribution in [1.29, 1.82) is 0 Å². The van der Waals surface area contributed by atoms with Crippen LogP contribution in [0, 0.1) is 0 Å². The Kier molecular flexibility index (Phi) is 63.3. The lowest BCUT2D eigenvalue weighted by Gasteiger charge is -2.18. The van der Waals surface area contributed by atoms with E-state index >= 15 is 0 Å². The third-order valence-corrected chi connectivity index (χ3v) is 13.8. The standard InChI is InChI=1S/C74H122O6/c1-4-7-10-13-16-19-22-25-27-29-31-32-33-34-35-36-37-38-39-40-41-42-43-45-46-49-52-55-58-61-64-67-73(76)79-70-71(69-78-72(75)66-63-60-57-54-51-48-24-21-18-15-12-9-6-3)80-74(77)68-65-62-59-56-53-50-47-44-30-28-26-23-20-17-14-11-8-5-2/h7,10,12,15-16,19-21,23-25,27-28,30-32,34-35,37-38,40-41,71H,4-6,8-9,11,13-14,17-18,22,26,29,33,36,39,42-70H2,1-3H3/b10-7-,15-12-,19-16-,23-20-,24-21-,27-25-,30-28-,32-31-,35-34-,38-37-,41-40-. The highest BCUT2D eigenvalue weighted by molar-refractivity contribution is 5.71. The van der Waals surface area contributed by atoms with E-state index in [9.17, 15) is 14.4 Å². The maximum Gasteiger partial charge on any atom is 0.306 e. The lowest BCUT2D eigenvalue weighted by molar-refractivity contribution is -0.167. The Morgan fingerprint density at radius 1 is 0.263 bits per heavy atom. The molecule has 1 unspecified atom stereocenters. The second-order valence-electron chi connectivity index (χ2n) is 21.6. The van der Waals surface area contributed by atoms with Gasteiger partial charge in [-0.2, -0.15) is 0 Å². The number of unbranched alkanes of at least 4 members (excludes halogenated alkanes) is 26. The minimum absolute atomic E-state index is 0.0917. The summed E-state index contributed by atoms with van der Waals surface area (Å²) in [6, 6.07) is 0. The molecule has 0 heterocycles. The summed E-state index contributed by atoms with van der Waals surface area (Å²) in [5, 5.41) is 0. The molecular weight excluding hydrogens is 985 g/mol. The van der Waals surface area contributed by atoms with Crippen LogP contribution in [0.2, 0.25) is 0 Å². The van der Waals surface area contributed by atoms with Crippen molar-refractivity contribution in [2.75, 3.05) is 13.2 Å². The number of rotatable bonds is 59. The molecule has 0 saturated carbocycles. The molecule has 80 heavy (non-hydrogen) atoms. The predicted molar refractivity (Wildman–Crippen MR) is 348 cm³/mol. The number of ether oxygens (including phenoxy) is 3. The Bertz CT molecular complexity index is 1700. The van der Waals surface area contributed by atoms with Crippen LogP contribution in [-0.4, -0.2) is 37.2 Å². The summed E-state index contributed by atoms with van der Waals surface area (Å²) in [7, 11) is 0. The van der Waals surface area contributed by atoms with Crippen molar-refractivity contribution in [2.45, 2.75) is 303 Å². The molecule has 454 valence electrons. The van der Waals surface area contributed by atoms with Crippen molar-refractivity contribution < 1.29 is 28.6 Å². The van der Waals surface area contributed by atoms with E-state index < -0.39 is 6.10 Å². The molecule has 0 aliphatic heterocycles. The molecule has 0 fully saturated rings. The van der Waals surface area contributed by atoms with Crippen LogP contribution in [-0.2, 0) is 28.6 Å². The van der Waals surface area contributed by atoms with Gasteiger partial charge in [-0.25, -0.2) is 0 Å². The topological polar surface area (TPSA) is 78.9 Å². The van der Waals surface area contributed by atoms with Crippen LogP contribution in [0.3, 0.4) is 0 Å². The van der Waals surface area contributed by atoms with Gasteiger partial charge >= 0.3 is 17.9 Å². The third-order valence-electron chi connectivity index (χ3n) is 13.8. The van der Waals surface area contributed by atoms with Gasteiger partial charge in [0.2, 0.25) is 0 Å². The highest BCUT2D eigenvalue weighted by Crippen LogP contribution is 2.15. The van der Waals surface area contributed by atoms with Gasteiger partial charge in [-0.05, 0) is 135 Å². The normalized spacial score (nSPS) is 13.0. The first kappa shape index (κ1) is 75.5. The molecule has 0 spiro atoms. The molecule has 0 saturated heterocycles. The number of carbonyl (C=O) groups is 3. The molecule has 6 nitrogen and oxygen atoms in total. The second-order valence-corrected chi connectivity index (χ2v) is 21.6. The zero-order valence-corrected chi connectivity index (χ0v) is 52.0. The molecule has 6 heteroatoms. The van der Waals surface area contributed by atoms with Gasteiger partial charge in [-0.1, -0.05) is 276 Å². The molecule has 0 aliphatic rings. The van der Waals surface area contributed by atoms with E-state index in [1.807, 2.05) is 0 Å². The van der Waals surface area contributed by atoms with Crippen LogP contribution < -0.4 is 0 Å². The van der Waals surface area contributed by atoms with Crippen molar-refractivity contribution in [1.82, 2.24) is 0 Å². The van der Waals surface area contributed by atoms with Crippen LogP contribution in [0.25, 0.3) is 0 Å². The number of allylic oxidation sites excluding steroid dienone is 22. The molecule has 0 aromatic rings. The lowest BCUT2D eigenvalue weighted by Crippen LogP contribution is -2.30. The highest BCUT2D eigenvalue weighted by Gasteiger charge is 2.19. The first-order valence-corrected chi connectivity index (χ1v) is 33.2. The predicted octanol–water partition coefficient (Wildman–Crippen LogP) is 22.9. The van der Waals surface area contributed by atoms with Gasteiger partial charge in [0.25, 0.3) is 0 Å². The maximum atomic E-state index is 12.9. The Balaban J connectivity index is 4.32. The first-order valence-electron chi connectivity index (χ1n) is 33.2. The Labute approximate surface area is 494 Å². The van der Waals surface area contributed by atoms with Crippen molar-refractivity contribution >= 4 is 17.9 Å². The van der Waals surface area contributed by atoms with E-state index in [4.69, 9.17) is 14.2 Å². The minimum atomic E-state index is -0.796. The Morgan fingerprint density at radius 3 is 0.812 bits per heavy atom.